The average molecular weight is 328 g/mol. The molecule has 3 rings (SSSR count). The molecular formula is C19H24N2O3. The van der Waals surface area contributed by atoms with Crippen molar-refractivity contribution >= 4 is 16.9 Å². The number of nitrogens with zero attached hydrogens (tertiary/aromatic N) is 2. The lowest BCUT2D eigenvalue weighted by Crippen LogP contribution is -2.36. The van der Waals surface area contributed by atoms with Gasteiger partial charge < -0.3 is 9.84 Å². The van der Waals surface area contributed by atoms with Gasteiger partial charge in [0.25, 0.3) is 0 Å². The van der Waals surface area contributed by atoms with Gasteiger partial charge in [0.15, 0.2) is 0 Å². The summed E-state index contributed by atoms with van der Waals surface area (Å²) in [5, 5.41) is 10.7. The van der Waals surface area contributed by atoms with Gasteiger partial charge in [-0.2, -0.15) is 0 Å². The van der Waals surface area contributed by atoms with E-state index >= 15 is 0 Å². The van der Waals surface area contributed by atoms with E-state index in [1.807, 2.05) is 38.1 Å². The second-order valence-electron chi connectivity index (χ2n) is 6.30. The van der Waals surface area contributed by atoms with Crippen LogP contribution >= 0.6 is 0 Å². The summed E-state index contributed by atoms with van der Waals surface area (Å²) >= 11 is 0. The first-order valence-corrected chi connectivity index (χ1v) is 8.56. The number of likely N-dealkylation sites (tertiary alicyclic amines) is 1. The fourth-order valence-corrected chi connectivity index (χ4v) is 3.32. The second-order valence-corrected chi connectivity index (χ2v) is 6.30. The molecule has 0 bridgehead atoms. The Balaban J connectivity index is 2.00. The van der Waals surface area contributed by atoms with E-state index in [1.165, 1.54) is 0 Å². The van der Waals surface area contributed by atoms with Crippen molar-refractivity contribution in [3.8, 4) is 0 Å². The van der Waals surface area contributed by atoms with Gasteiger partial charge in [0.2, 0.25) is 0 Å². The highest BCUT2D eigenvalue weighted by Gasteiger charge is 2.23. The van der Waals surface area contributed by atoms with Crippen LogP contribution < -0.4 is 0 Å². The van der Waals surface area contributed by atoms with Crippen molar-refractivity contribution in [3.63, 3.8) is 0 Å². The zero-order valence-corrected chi connectivity index (χ0v) is 14.3. The van der Waals surface area contributed by atoms with Gasteiger partial charge in [-0.3, -0.25) is 9.88 Å². The summed E-state index contributed by atoms with van der Waals surface area (Å²) in [5.41, 5.74) is 3.17. The van der Waals surface area contributed by atoms with Gasteiger partial charge in [0, 0.05) is 25.0 Å². The predicted octanol–water partition coefficient (Wildman–Crippen LogP) is 2.68. The lowest BCUT2D eigenvalue weighted by molar-refractivity contribution is 0.0518. The molecule has 1 saturated heterocycles. The fraction of sp³-hybridized carbons (Fsp3) is 0.474. The molecule has 0 amide bonds. The molecule has 24 heavy (non-hydrogen) atoms. The number of pyridine rings is 1. The van der Waals surface area contributed by atoms with E-state index in [4.69, 9.17) is 9.72 Å². The van der Waals surface area contributed by atoms with Gasteiger partial charge in [0.1, 0.15) is 0 Å². The number of benzene rings is 1. The number of hydrogen-bond donors (Lipinski definition) is 1. The highest BCUT2D eigenvalue weighted by molar-refractivity contribution is 5.98. The molecule has 5 nitrogen and oxygen atoms in total. The Morgan fingerprint density at radius 1 is 1.33 bits per heavy atom. The first-order chi connectivity index (χ1) is 11.6. The Morgan fingerprint density at radius 3 is 2.75 bits per heavy atom. The van der Waals surface area contributed by atoms with Crippen molar-refractivity contribution in [2.24, 2.45) is 0 Å². The molecule has 0 spiro atoms. The molecule has 1 aliphatic heterocycles. The van der Waals surface area contributed by atoms with Gasteiger partial charge in [-0.1, -0.05) is 18.2 Å². The van der Waals surface area contributed by atoms with Crippen LogP contribution in [0.15, 0.2) is 24.3 Å². The fourth-order valence-electron chi connectivity index (χ4n) is 3.32. The number of carbonyl (C=O) groups is 1. The van der Waals surface area contributed by atoms with E-state index in [2.05, 4.69) is 4.90 Å². The largest absolute Gasteiger partial charge is 0.462 e. The van der Waals surface area contributed by atoms with Crippen LogP contribution in [0.3, 0.4) is 0 Å². The SMILES string of the molecule is CCOC(=O)c1c(CN2CCC(O)CC2)nc2ccccc2c1C. The van der Waals surface area contributed by atoms with Gasteiger partial charge in [0.05, 0.1) is 29.5 Å². The summed E-state index contributed by atoms with van der Waals surface area (Å²) in [5.74, 6) is -0.305. The number of fused-ring (bicyclic) bond motifs is 1. The third kappa shape index (κ3) is 3.42. The summed E-state index contributed by atoms with van der Waals surface area (Å²) in [4.78, 5) is 19.5. The average Bonchev–Trinajstić information content (AvgIpc) is 2.57. The number of esters is 1. The quantitative estimate of drug-likeness (QED) is 0.874. The second kappa shape index (κ2) is 7.28. The number of rotatable bonds is 4. The lowest BCUT2D eigenvalue weighted by atomic mass is 10.0. The van der Waals surface area contributed by atoms with Crippen molar-refractivity contribution in [1.82, 2.24) is 9.88 Å². The molecule has 0 saturated carbocycles. The van der Waals surface area contributed by atoms with E-state index < -0.39 is 0 Å². The molecular weight excluding hydrogens is 304 g/mol. The summed E-state index contributed by atoms with van der Waals surface area (Å²) in [6.07, 6.45) is 1.32. The monoisotopic (exact) mass is 328 g/mol. The van der Waals surface area contributed by atoms with E-state index in [0.29, 0.717) is 18.7 Å². The standard InChI is InChI=1S/C19H24N2O3/c1-3-24-19(23)18-13(2)15-6-4-5-7-16(15)20-17(18)12-21-10-8-14(22)9-11-21/h4-7,14,22H,3,8-12H2,1-2H3. The van der Waals surface area contributed by atoms with Gasteiger partial charge in [-0.15, -0.1) is 0 Å². The lowest BCUT2D eigenvalue weighted by Gasteiger charge is -2.29. The smallest absolute Gasteiger partial charge is 0.340 e. The summed E-state index contributed by atoms with van der Waals surface area (Å²) in [7, 11) is 0. The van der Waals surface area contributed by atoms with Gasteiger partial charge in [-0.25, -0.2) is 4.79 Å². The molecule has 1 fully saturated rings. The van der Waals surface area contributed by atoms with E-state index in [1.54, 1.807) is 0 Å². The minimum absolute atomic E-state index is 0.211. The third-order valence-electron chi connectivity index (χ3n) is 4.64. The van der Waals surface area contributed by atoms with Gasteiger partial charge in [-0.05, 0) is 38.3 Å². The highest BCUT2D eigenvalue weighted by atomic mass is 16.5. The summed E-state index contributed by atoms with van der Waals surface area (Å²) < 4.78 is 5.27. The maximum atomic E-state index is 12.5. The number of aliphatic hydroxyl groups is 1. The Labute approximate surface area is 142 Å². The zero-order chi connectivity index (χ0) is 17.1. The molecule has 5 heteroatoms. The predicted molar refractivity (Wildman–Crippen MR) is 93.0 cm³/mol. The first kappa shape index (κ1) is 16.9. The van der Waals surface area contributed by atoms with Crippen LogP contribution in [0.4, 0.5) is 0 Å². The van der Waals surface area contributed by atoms with Crippen LogP contribution in [0.5, 0.6) is 0 Å². The number of carbonyl (C=O) groups excluding carboxylic acids is 1. The number of para-hydroxylation sites is 1. The minimum Gasteiger partial charge on any atom is -0.462 e. The Bertz CT molecular complexity index is 737. The third-order valence-corrected chi connectivity index (χ3v) is 4.64. The van der Waals surface area contributed by atoms with Crippen LogP contribution in [0.25, 0.3) is 10.9 Å². The summed E-state index contributed by atoms with van der Waals surface area (Å²) in [6, 6.07) is 7.87. The summed E-state index contributed by atoms with van der Waals surface area (Å²) in [6.45, 7) is 6.36. The number of piperidine rings is 1. The van der Waals surface area contributed by atoms with Crippen LogP contribution in [0.1, 0.15) is 41.4 Å². The molecule has 2 heterocycles. The molecule has 0 atom stereocenters. The Hall–Kier alpha value is -1.98. The first-order valence-electron chi connectivity index (χ1n) is 8.56. The van der Waals surface area contributed by atoms with E-state index in [9.17, 15) is 9.90 Å². The topological polar surface area (TPSA) is 62.7 Å². The van der Waals surface area contributed by atoms with E-state index in [0.717, 1.165) is 48.1 Å². The molecule has 1 aliphatic rings. The number of ether oxygens (including phenoxy) is 1. The molecule has 2 aromatic rings. The normalized spacial score (nSPS) is 16.5. The molecule has 128 valence electrons. The van der Waals surface area contributed by atoms with Crippen LogP contribution in [0, 0.1) is 6.92 Å². The van der Waals surface area contributed by atoms with Crippen molar-refractivity contribution in [2.45, 2.75) is 39.3 Å². The Kier molecular flexibility index (Phi) is 5.11. The van der Waals surface area contributed by atoms with Crippen molar-refractivity contribution in [2.75, 3.05) is 19.7 Å². The maximum absolute atomic E-state index is 12.5. The van der Waals surface area contributed by atoms with Gasteiger partial charge >= 0.3 is 5.97 Å². The number of aliphatic hydroxyl groups excluding tert-OH is 1. The molecule has 1 aromatic carbocycles. The van der Waals surface area contributed by atoms with Crippen LogP contribution in [0.2, 0.25) is 0 Å². The molecule has 1 aromatic heterocycles. The number of aromatic nitrogens is 1. The highest BCUT2D eigenvalue weighted by Crippen LogP contribution is 2.25. The van der Waals surface area contributed by atoms with E-state index in [-0.39, 0.29) is 12.1 Å². The number of aryl methyl sites for hydroxylation is 1. The van der Waals surface area contributed by atoms with Crippen LogP contribution in [-0.4, -0.2) is 46.8 Å². The molecule has 0 unspecified atom stereocenters. The van der Waals surface area contributed by atoms with Crippen LogP contribution in [-0.2, 0) is 11.3 Å². The Morgan fingerprint density at radius 2 is 2.04 bits per heavy atom. The molecule has 0 radical (unpaired) electrons. The zero-order valence-electron chi connectivity index (χ0n) is 14.3. The minimum atomic E-state index is -0.305. The number of hydrogen-bond acceptors (Lipinski definition) is 5. The van der Waals surface area contributed by atoms with Crippen molar-refractivity contribution in [1.29, 1.82) is 0 Å². The van der Waals surface area contributed by atoms with Crippen molar-refractivity contribution in [3.05, 3.63) is 41.1 Å². The van der Waals surface area contributed by atoms with Crippen molar-refractivity contribution < 1.29 is 14.6 Å². The maximum Gasteiger partial charge on any atom is 0.340 e. The molecule has 1 N–H and O–H groups in total. The molecule has 0 aliphatic carbocycles.